The molecular weight excluding hydrogens is 206 g/mol. The third kappa shape index (κ3) is 3.10. The molecule has 1 fully saturated rings. The third-order valence-corrected chi connectivity index (χ3v) is 3.53. The molecule has 2 rings (SSSR count). The van der Waals surface area contributed by atoms with Gasteiger partial charge in [-0.2, -0.15) is 0 Å². The molecule has 0 unspecified atom stereocenters. The molecule has 17 heavy (non-hydrogen) atoms. The van der Waals surface area contributed by atoms with Crippen molar-refractivity contribution in [2.24, 2.45) is 5.41 Å². The molecule has 1 aliphatic rings. The van der Waals surface area contributed by atoms with Gasteiger partial charge < -0.3 is 0 Å². The molecule has 0 saturated carbocycles. The standard InChI is InChI=1S/C16H25N/c1-15(2,3)14-8-6-13(7-9-14)10-17-11-16(4,5)12-17/h6-9H,10-12H2,1-5H3. The van der Waals surface area contributed by atoms with E-state index in [1.165, 1.54) is 24.2 Å². The summed E-state index contributed by atoms with van der Waals surface area (Å²) in [6, 6.07) is 9.12. The molecule has 1 heterocycles. The molecule has 1 heteroatoms. The van der Waals surface area contributed by atoms with E-state index in [0.29, 0.717) is 5.41 Å². The van der Waals surface area contributed by atoms with Crippen molar-refractivity contribution in [1.82, 2.24) is 4.90 Å². The maximum atomic E-state index is 2.52. The Balaban J connectivity index is 1.96. The van der Waals surface area contributed by atoms with Gasteiger partial charge in [-0.1, -0.05) is 58.9 Å². The zero-order chi connectivity index (χ0) is 12.7. The van der Waals surface area contributed by atoms with Crippen LogP contribution >= 0.6 is 0 Å². The highest BCUT2D eigenvalue weighted by Gasteiger charge is 2.33. The average molecular weight is 231 g/mol. The van der Waals surface area contributed by atoms with E-state index in [4.69, 9.17) is 0 Å². The van der Waals surface area contributed by atoms with Gasteiger partial charge in [-0.25, -0.2) is 0 Å². The SMILES string of the molecule is CC1(C)CN(Cc2ccc(C(C)(C)C)cc2)C1. The lowest BCUT2D eigenvalue weighted by Gasteiger charge is -2.46. The topological polar surface area (TPSA) is 3.24 Å². The molecule has 0 aliphatic carbocycles. The van der Waals surface area contributed by atoms with Crippen LogP contribution in [0.2, 0.25) is 0 Å². The quantitative estimate of drug-likeness (QED) is 0.748. The van der Waals surface area contributed by atoms with Crippen LogP contribution in [-0.4, -0.2) is 18.0 Å². The van der Waals surface area contributed by atoms with Crippen LogP contribution in [0.5, 0.6) is 0 Å². The average Bonchev–Trinajstić information content (AvgIpc) is 2.14. The molecule has 0 N–H and O–H groups in total. The maximum Gasteiger partial charge on any atom is 0.0234 e. The Morgan fingerprint density at radius 3 is 2.00 bits per heavy atom. The summed E-state index contributed by atoms with van der Waals surface area (Å²) in [6.45, 7) is 15.0. The molecule has 1 aliphatic heterocycles. The molecule has 1 aromatic rings. The van der Waals surface area contributed by atoms with Gasteiger partial charge in [0.05, 0.1) is 0 Å². The second kappa shape index (κ2) is 4.13. The van der Waals surface area contributed by atoms with Gasteiger partial charge >= 0.3 is 0 Å². The Morgan fingerprint density at radius 1 is 1.06 bits per heavy atom. The van der Waals surface area contributed by atoms with Gasteiger partial charge in [0.15, 0.2) is 0 Å². The van der Waals surface area contributed by atoms with Crippen LogP contribution in [0.25, 0.3) is 0 Å². The number of benzene rings is 1. The van der Waals surface area contributed by atoms with Gasteiger partial charge in [0.25, 0.3) is 0 Å². The van der Waals surface area contributed by atoms with E-state index in [0.717, 1.165) is 6.54 Å². The number of hydrogen-bond acceptors (Lipinski definition) is 1. The summed E-state index contributed by atoms with van der Waals surface area (Å²) in [4.78, 5) is 2.52. The molecule has 1 aromatic carbocycles. The van der Waals surface area contributed by atoms with Crippen LogP contribution in [0.1, 0.15) is 45.7 Å². The first-order chi connectivity index (χ1) is 7.76. The summed E-state index contributed by atoms with van der Waals surface area (Å²) in [5.74, 6) is 0. The van der Waals surface area contributed by atoms with E-state index in [1.54, 1.807) is 0 Å². The number of hydrogen-bond donors (Lipinski definition) is 0. The van der Waals surface area contributed by atoms with Crippen molar-refractivity contribution in [3.63, 3.8) is 0 Å². The minimum Gasteiger partial charge on any atom is -0.298 e. The summed E-state index contributed by atoms with van der Waals surface area (Å²) in [5.41, 5.74) is 3.65. The molecule has 0 spiro atoms. The van der Waals surface area contributed by atoms with Crippen molar-refractivity contribution in [1.29, 1.82) is 0 Å². The monoisotopic (exact) mass is 231 g/mol. The minimum absolute atomic E-state index is 0.261. The van der Waals surface area contributed by atoms with Gasteiger partial charge in [0.1, 0.15) is 0 Å². The summed E-state index contributed by atoms with van der Waals surface area (Å²) in [5, 5.41) is 0. The molecule has 0 radical (unpaired) electrons. The Kier molecular flexibility index (Phi) is 3.07. The van der Waals surface area contributed by atoms with Crippen LogP contribution in [0, 0.1) is 5.41 Å². The van der Waals surface area contributed by atoms with Crippen molar-refractivity contribution in [3.8, 4) is 0 Å². The second-order valence-electron chi connectivity index (χ2n) is 7.26. The fraction of sp³-hybridized carbons (Fsp3) is 0.625. The van der Waals surface area contributed by atoms with E-state index in [1.807, 2.05) is 0 Å². The van der Waals surface area contributed by atoms with Crippen LogP contribution in [0.4, 0.5) is 0 Å². The van der Waals surface area contributed by atoms with E-state index < -0.39 is 0 Å². The van der Waals surface area contributed by atoms with Crippen molar-refractivity contribution >= 4 is 0 Å². The van der Waals surface area contributed by atoms with Crippen molar-refractivity contribution in [2.75, 3.05) is 13.1 Å². The summed E-state index contributed by atoms with van der Waals surface area (Å²) in [6.07, 6.45) is 0. The van der Waals surface area contributed by atoms with Gasteiger partial charge in [0.2, 0.25) is 0 Å². The molecule has 0 amide bonds. The predicted molar refractivity (Wildman–Crippen MR) is 74.2 cm³/mol. The fourth-order valence-electron chi connectivity index (χ4n) is 2.64. The smallest absolute Gasteiger partial charge is 0.0234 e. The van der Waals surface area contributed by atoms with Crippen LogP contribution in [0.3, 0.4) is 0 Å². The lowest BCUT2D eigenvalue weighted by Crippen LogP contribution is -2.52. The largest absolute Gasteiger partial charge is 0.298 e. The fourth-order valence-corrected chi connectivity index (χ4v) is 2.64. The molecule has 0 atom stereocenters. The van der Waals surface area contributed by atoms with Crippen molar-refractivity contribution in [2.45, 2.75) is 46.6 Å². The number of rotatable bonds is 2. The molecule has 94 valence electrons. The molecule has 0 bridgehead atoms. The van der Waals surface area contributed by atoms with Crippen LogP contribution < -0.4 is 0 Å². The van der Waals surface area contributed by atoms with Gasteiger partial charge in [0, 0.05) is 19.6 Å². The highest BCUT2D eigenvalue weighted by Crippen LogP contribution is 2.30. The first kappa shape index (κ1) is 12.6. The maximum absolute atomic E-state index is 2.52. The molecule has 1 saturated heterocycles. The lowest BCUT2D eigenvalue weighted by molar-refractivity contribution is 0.0242. The van der Waals surface area contributed by atoms with E-state index in [9.17, 15) is 0 Å². The first-order valence-electron chi connectivity index (χ1n) is 6.58. The number of likely N-dealkylation sites (tertiary alicyclic amines) is 1. The van der Waals surface area contributed by atoms with Gasteiger partial charge in [-0.05, 0) is 22.0 Å². The third-order valence-electron chi connectivity index (χ3n) is 3.53. The summed E-state index contributed by atoms with van der Waals surface area (Å²) in [7, 11) is 0. The van der Waals surface area contributed by atoms with E-state index in [2.05, 4.69) is 63.8 Å². The zero-order valence-corrected chi connectivity index (χ0v) is 11.9. The summed E-state index contributed by atoms with van der Waals surface area (Å²) >= 11 is 0. The predicted octanol–water partition coefficient (Wildman–Crippen LogP) is 3.83. The first-order valence-corrected chi connectivity index (χ1v) is 6.58. The highest BCUT2D eigenvalue weighted by molar-refractivity contribution is 5.27. The van der Waals surface area contributed by atoms with E-state index >= 15 is 0 Å². The van der Waals surface area contributed by atoms with Gasteiger partial charge in [-0.15, -0.1) is 0 Å². The normalized spacial score (nSPS) is 20.1. The van der Waals surface area contributed by atoms with E-state index in [-0.39, 0.29) is 5.41 Å². The molecule has 1 nitrogen and oxygen atoms in total. The second-order valence-corrected chi connectivity index (χ2v) is 7.26. The number of nitrogens with zero attached hydrogens (tertiary/aromatic N) is 1. The summed E-state index contributed by atoms with van der Waals surface area (Å²) < 4.78 is 0. The van der Waals surface area contributed by atoms with Crippen molar-refractivity contribution in [3.05, 3.63) is 35.4 Å². The van der Waals surface area contributed by atoms with Crippen LogP contribution in [-0.2, 0) is 12.0 Å². The Hall–Kier alpha value is -0.820. The van der Waals surface area contributed by atoms with Crippen molar-refractivity contribution < 1.29 is 0 Å². The Morgan fingerprint density at radius 2 is 1.59 bits per heavy atom. The Labute approximate surface area is 106 Å². The minimum atomic E-state index is 0.261. The lowest BCUT2D eigenvalue weighted by atomic mass is 9.84. The van der Waals surface area contributed by atoms with Crippen LogP contribution in [0.15, 0.2) is 24.3 Å². The molecular formula is C16H25N. The highest BCUT2D eigenvalue weighted by atomic mass is 15.2. The molecule has 0 aromatic heterocycles. The Bertz CT molecular complexity index is 373. The van der Waals surface area contributed by atoms with Gasteiger partial charge in [-0.3, -0.25) is 4.90 Å². The zero-order valence-electron chi connectivity index (χ0n) is 11.9.